The van der Waals surface area contributed by atoms with Crippen LogP contribution in [0.5, 0.6) is 11.6 Å². The minimum Gasteiger partial charge on any atom is -0.438 e. The van der Waals surface area contributed by atoms with Gasteiger partial charge in [-0.1, -0.05) is 19.1 Å². The van der Waals surface area contributed by atoms with Gasteiger partial charge in [-0.2, -0.15) is 8.75 Å². The molecule has 0 atom stereocenters. The van der Waals surface area contributed by atoms with E-state index < -0.39 is 15.8 Å². The van der Waals surface area contributed by atoms with Crippen LogP contribution in [0, 0.1) is 11.7 Å². The molecule has 1 N–H and O–H groups in total. The summed E-state index contributed by atoms with van der Waals surface area (Å²) in [7, 11) is -3.52. The molecule has 0 amide bonds. The average molecular weight is 589 g/mol. The monoisotopic (exact) mass is 588 g/mol. The van der Waals surface area contributed by atoms with E-state index in [2.05, 4.69) is 25.4 Å². The summed E-state index contributed by atoms with van der Waals surface area (Å²) >= 11 is 2.62. The molecule has 39 heavy (non-hydrogen) atoms. The zero-order valence-electron chi connectivity index (χ0n) is 21.8. The number of thioether (sulfide) groups is 1. The molecule has 8 nitrogen and oxygen atoms in total. The van der Waals surface area contributed by atoms with Gasteiger partial charge in [0.15, 0.2) is 5.78 Å². The summed E-state index contributed by atoms with van der Waals surface area (Å²) in [6.07, 6.45) is 6.96. The molecule has 1 aliphatic carbocycles. The van der Waals surface area contributed by atoms with E-state index in [0.29, 0.717) is 22.7 Å². The van der Waals surface area contributed by atoms with Crippen molar-refractivity contribution in [1.82, 2.24) is 18.5 Å². The Bertz CT molecular complexity index is 1550. The Balaban J connectivity index is 0.000000181. The number of ether oxygens (including phenoxy) is 1. The normalized spacial score (nSPS) is 17.3. The molecule has 0 unspecified atom stereocenters. The van der Waals surface area contributed by atoms with Crippen LogP contribution in [0.15, 0.2) is 64.5 Å². The highest BCUT2D eigenvalue weighted by Crippen LogP contribution is 2.28. The molecule has 0 radical (unpaired) electrons. The van der Waals surface area contributed by atoms with Gasteiger partial charge < -0.3 is 4.74 Å². The van der Waals surface area contributed by atoms with Crippen LogP contribution in [0.25, 0.3) is 11.0 Å². The molecule has 0 aliphatic heterocycles. The summed E-state index contributed by atoms with van der Waals surface area (Å²) in [6.45, 7) is 3.56. The largest absolute Gasteiger partial charge is 0.438 e. The van der Waals surface area contributed by atoms with Gasteiger partial charge in [-0.05, 0) is 81.2 Å². The van der Waals surface area contributed by atoms with Crippen molar-refractivity contribution < 1.29 is 22.3 Å². The number of nitrogens with zero attached hydrogens (tertiary/aromatic N) is 3. The van der Waals surface area contributed by atoms with Crippen LogP contribution in [0.1, 0.15) is 49.9 Å². The summed E-state index contributed by atoms with van der Waals surface area (Å²) < 4.78 is 54.7. The third-order valence-electron chi connectivity index (χ3n) is 6.33. The van der Waals surface area contributed by atoms with Crippen LogP contribution in [-0.2, 0) is 10.0 Å². The van der Waals surface area contributed by atoms with Gasteiger partial charge in [0.05, 0.1) is 23.5 Å². The molecule has 1 aliphatic rings. The van der Waals surface area contributed by atoms with Crippen molar-refractivity contribution in [2.24, 2.45) is 5.92 Å². The fourth-order valence-electron chi connectivity index (χ4n) is 4.20. The van der Waals surface area contributed by atoms with Crippen molar-refractivity contribution in [2.45, 2.75) is 55.4 Å². The number of sulfonamides is 1. The second-order valence-corrected chi connectivity index (χ2v) is 12.4. The summed E-state index contributed by atoms with van der Waals surface area (Å²) in [5.74, 6) is 0.529. The van der Waals surface area contributed by atoms with Crippen LogP contribution in [0.3, 0.4) is 0 Å². The van der Waals surface area contributed by atoms with Crippen molar-refractivity contribution in [2.75, 3.05) is 6.26 Å². The minimum atomic E-state index is -3.52. The number of ketones is 1. The summed E-state index contributed by atoms with van der Waals surface area (Å²) in [6, 6.07) is 13.6. The van der Waals surface area contributed by atoms with Crippen LogP contribution < -0.4 is 9.46 Å². The Labute approximate surface area is 235 Å². The van der Waals surface area contributed by atoms with Crippen molar-refractivity contribution in [1.29, 1.82) is 0 Å². The second kappa shape index (κ2) is 12.9. The van der Waals surface area contributed by atoms with Gasteiger partial charge in [0.2, 0.25) is 15.9 Å². The van der Waals surface area contributed by atoms with E-state index in [1.54, 1.807) is 36.0 Å². The number of aromatic nitrogens is 3. The van der Waals surface area contributed by atoms with E-state index in [-0.39, 0.29) is 28.2 Å². The molecule has 12 heteroatoms. The highest BCUT2D eigenvalue weighted by Gasteiger charge is 2.26. The average Bonchev–Trinajstić information content (AvgIpc) is 3.40. The SMILES string of the molecule is CC1CCC(NS(=O)(=O)c2cccc3nsnc23)CC1.CSc1cccc(Oc2ncc(F)cc2C(C)=O)c1. The Morgan fingerprint density at radius 2 is 1.85 bits per heavy atom. The quantitative estimate of drug-likeness (QED) is 0.193. The third-order valence-corrected chi connectivity index (χ3v) is 9.15. The van der Waals surface area contributed by atoms with Crippen molar-refractivity contribution >= 4 is 50.3 Å². The topological polar surface area (TPSA) is 111 Å². The first kappa shape index (κ1) is 29.1. The fraction of sp³-hybridized carbons (Fsp3) is 0.333. The number of halogens is 1. The maximum absolute atomic E-state index is 13.1. The van der Waals surface area contributed by atoms with Crippen LogP contribution in [0.2, 0.25) is 0 Å². The zero-order chi connectivity index (χ0) is 28.0. The van der Waals surface area contributed by atoms with E-state index in [0.717, 1.165) is 54.6 Å². The van der Waals surface area contributed by atoms with Gasteiger partial charge in [0.1, 0.15) is 27.5 Å². The van der Waals surface area contributed by atoms with E-state index in [4.69, 9.17) is 4.74 Å². The van der Waals surface area contributed by atoms with Crippen molar-refractivity contribution in [3.63, 3.8) is 0 Å². The molecular formula is C27H29FN4O4S3. The molecule has 2 aromatic heterocycles. The molecule has 5 rings (SSSR count). The number of carbonyl (C=O) groups is 1. The predicted molar refractivity (Wildman–Crippen MR) is 152 cm³/mol. The standard InChI is InChI=1S/C14H12FNO2S.C13H17N3O2S2/c1-9(17)13-6-10(15)8-16-14(13)18-11-4-3-5-12(7-11)19-2;1-9-5-7-10(8-6-9)16-20(17,18)12-4-2-3-11-13(12)15-19-14-11/h3-8H,1-2H3;2-4,9-10,16H,5-8H2,1H3. The predicted octanol–water partition coefficient (Wildman–Crippen LogP) is 6.49. The molecule has 4 aromatic rings. The number of benzene rings is 2. The van der Waals surface area contributed by atoms with Gasteiger partial charge in [0, 0.05) is 10.9 Å². The Hall–Kier alpha value is -2.93. The molecule has 2 heterocycles. The van der Waals surface area contributed by atoms with Crippen LogP contribution in [-0.4, -0.2) is 40.2 Å². The molecule has 2 aromatic carbocycles. The molecule has 0 spiro atoms. The van der Waals surface area contributed by atoms with Crippen molar-refractivity contribution in [3.8, 4) is 11.6 Å². The Morgan fingerprint density at radius 3 is 2.56 bits per heavy atom. The Morgan fingerprint density at radius 1 is 1.10 bits per heavy atom. The van der Waals surface area contributed by atoms with E-state index in [9.17, 15) is 17.6 Å². The first-order valence-corrected chi connectivity index (χ1v) is 15.8. The molecule has 1 fully saturated rings. The number of Topliss-reactive ketones (excluding diaryl/α,β-unsaturated/α-hetero) is 1. The van der Waals surface area contributed by atoms with E-state index in [1.165, 1.54) is 6.92 Å². The first-order chi connectivity index (χ1) is 18.7. The van der Waals surface area contributed by atoms with Crippen LogP contribution in [0.4, 0.5) is 4.39 Å². The lowest BCUT2D eigenvalue weighted by atomic mass is 9.88. The van der Waals surface area contributed by atoms with Gasteiger partial charge in [-0.15, -0.1) is 11.8 Å². The van der Waals surface area contributed by atoms with Gasteiger partial charge in [-0.25, -0.2) is 22.5 Å². The molecule has 206 valence electrons. The van der Waals surface area contributed by atoms with Crippen LogP contribution >= 0.6 is 23.5 Å². The number of carbonyl (C=O) groups excluding carboxylic acids is 1. The number of pyridine rings is 1. The van der Waals surface area contributed by atoms with E-state index in [1.807, 2.05) is 24.5 Å². The van der Waals surface area contributed by atoms with Gasteiger partial charge in [-0.3, -0.25) is 4.79 Å². The molecular weight excluding hydrogens is 560 g/mol. The Kier molecular flexibility index (Phi) is 9.65. The zero-order valence-corrected chi connectivity index (χ0v) is 24.2. The molecule has 0 saturated heterocycles. The summed E-state index contributed by atoms with van der Waals surface area (Å²) in [5.41, 5.74) is 1.24. The third kappa shape index (κ3) is 7.59. The lowest BCUT2D eigenvalue weighted by Crippen LogP contribution is -2.37. The molecule has 0 bridgehead atoms. The lowest BCUT2D eigenvalue weighted by molar-refractivity contribution is 0.101. The fourth-order valence-corrected chi connectivity index (χ4v) is 6.72. The first-order valence-electron chi connectivity index (χ1n) is 12.4. The van der Waals surface area contributed by atoms with Gasteiger partial charge in [0.25, 0.3) is 0 Å². The number of hydrogen-bond acceptors (Lipinski definition) is 9. The summed E-state index contributed by atoms with van der Waals surface area (Å²) in [4.78, 5) is 16.5. The summed E-state index contributed by atoms with van der Waals surface area (Å²) in [5, 5.41) is 0. The number of hydrogen-bond donors (Lipinski definition) is 1. The van der Waals surface area contributed by atoms with Gasteiger partial charge >= 0.3 is 0 Å². The highest BCUT2D eigenvalue weighted by molar-refractivity contribution is 7.98. The maximum Gasteiger partial charge on any atom is 0.243 e. The molecule has 1 saturated carbocycles. The van der Waals surface area contributed by atoms with Crippen molar-refractivity contribution in [3.05, 3.63) is 66.1 Å². The second-order valence-electron chi connectivity index (χ2n) is 9.31. The number of fused-ring (bicyclic) bond motifs is 1. The number of rotatable bonds is 7. The highest BCUT2D eigenvalue weighted by atomic mass is 32.2. The minimum absolute atomic E-state index is 0.0399. The number of nitrogens with one attached hydrogen (secondary N) is 1. The maximum atomic E-state index is 13.1. The van der Waals surface area contributed by atoms with E-state index >= 15 is 0 Å². The lowest BCUT2D eigenvalue weighted by Gasteiger charge is -2.26. The smallest absolute Gasteiger partial charge is 0.243 e.